The molecule has 3 aromatic carbocycles. The number of amides is 1. The number of halogens is 1. The molecule has 1 atom stereocenters. The molecule has 35 heavy (non-hydrogen) atoms. The fourth-order valence-electron chi connectivity index (χ4n) is 4.70. The highest BCUT2D eigenvalue weighted by Gasteiger charge is 2.27. The zero-order chi connectivity index (χ0) is 24.5. The van der Waals surface area contributed by atoms with E-state index in [9.17, 15) is 14.7 Å². The summed E-state index contributed by atoms with van der Waals surface area (Å²) in [5, 5.41) is 13.8. The van der Waals surface area contributed by atoms with Gasteiger partial charge in [-0.25, -0.2) is 9.78 Å². The van der Waals surface area contributed by atoms with Crippen molar-refractivity contribution < 1.29 is 14.7 Å². The summed E-state index contributed by atoms with van der Waals surface area (Å²) in [7, 11) is 0. The van der Waals surface area contributed by atoms with Gasteiger partial charge >= 0.3 is 5.97 Å². The van der Waals surface area contributed by atoms with E-state index >= 15 is 0 Å². The number of hydrogen-bond acceptors (Lipinski definition) is 4. The molecule has 0 spiro atoms. The molecular formula is C28H24ClN3O3. The Morgan fingerprint density at radius 1 is 1.06 bits per heavy atom. The van der Waals surface area contributed by atoms with Gasteiger partial charge in [0.05, 0.1) is 11.1 Å². The summed E-state index contributed by atoms with van der Waals surface area (Å²) in [5.41, 5.74) is 4.28. The van der Waals surface area contributed by atoms with Gasteiger partial charge in [-0.2, -0.15) is 0 Å². The van der Waals surface area contributed by atoms with Crippen LogP contribution in [0.4, 0.5) is 11.5 Å². The van der Waals surface area contributed by atoms with Crippen molar-refractivity contribution in [1.29, 1.82) is 0 Å². The van der Waals surface area contributed by atoms with Crippen molar-refractivity contribution in [3.63, 3.8) is 0 Å². The Morgan fingerprint density at radius 3 is 2.57 bits per heavy atom. The predicted molar refractivity (Wildman–Crippen MR) is 139 cm³/mol. The normalized spacial score (nSPS) is 15.4. The minimum Gasteiger partial charge on any atom is -0.478 e. The second-order valence-corrected chi connectivity index (χ2v) is 9.25. The van der Waals surface area contributed by atoms with Crippen molar-refractivity contribution >= 4 is 45.9 Å². The maximum absolute atomic E-state index is 12.6. The van der Waals surface area contributed by atoms with Crippen LogP contribution in [-0.4, -0.2) is 35.1 Å². The Bertz CT molecular complexity index is 1440. The van der Waals surface area contributed by atoms with Crippen LogP contribution in [0.25, 0.3) is 10.9 Å². The van der Waals surface area contributed by atoms with E-state index in [4.69, 9.17) is 16.6 Å². The fraction of sp³-hybridized carbons (Fsp3) is 0.179. The van der Waals surface area contributed by atoms with Gasteiger partial charge in [-0.15, -0.1) is 0 Å². The van der Waals surface area contributed by atoms with E-state index in [-0.39, 0.29) is 11.5 Å². The Morgan fingerprint density at radius 2 is 1.83 bits per heavy atom. The van der Waals surface area contributed by atoms with Crippen LogP contribution in [0.1, 0.15) is 44.2 Å². The molecule has 1 aliphatic rings. The molecule has 0 aliphatic carbocycles. The minimum absolute atomic E-state index is 0.159. The number of aryl methyl sites for hydroxylation is 1. The van der Waals surface area contributed by atoms with Crippen molar-refractivity contribution in [2.45, 2.75) is 19.3 Å². The molecule has 0 bridgehead atoms. The maximum atomic E-state index is 12.6. The van der Waals surface area contributed by atoms with Gasteiger partial charge in [0.15, 0.2) is 0 Å². The van der Waals surface area contributed by atoms with Crippen molar-refractivity contribution in [3.8, 4) is 0 Å². The van der Waals surface area contributed by atoms with Crippen LogP contribution in [0, 0.1) is 6.92 Å². The number of aromatic nitrogens is 1. The number of carbonyl (C=O) groups is 2. The minimum atomic E-state index is -1.03. The number of carboxylic acid groups (broad SMARTS) is 1. The van der Waals surface area contributed by atoms with Gasteiger partial charge in [-0.05, 0) is 73.0 Å². The molecule has 2 heterocycles. The highest BCUT2D eigenvalue weighted by molar-refractivity contribution is 6.30. The predicted octanol–water partition coefficient (Wildman–Crippen LogP) is 6.14. The number of carbonyl (C=O) groups excluding carboxylic acids is 1. The third-order valence-electron chi connectivity index (χ3n) is 6.53. The number of aromatic carboxylic acids is 1. The lowest BCUT2D eigenvalue weighted by atomic mass is 9.94. The highest BCUT2D eigenvalue weighted by Crippen LogP contribution is 2.33. The average Bonchev–Trinajstić information content (AvgIpc) is 3.34. The quantitative estimate of drug-likeness (QED) is 0.354. The number of rotatable bonds is 5. The molecule has 176 valence electrons. The molecule has 0 saturated carbocycles. The Hall–Kier alpha value is -3.90. The summed E-state index contributed by atoms with van der Waals surface area (Å²) in [6.45, 7) is 3.72. The van der Waals surface area contributed by atoms with Crippen LogP contribution in [-0.2, 0) is 0 Å². The molecule has 1 aromatic heterocycles. The molecule has 2 N–H and O–H groups in total. The van der Waals surface area contributed by atoms with E-state index in [1.807, 2.05) is 6.07 Å². The van der Waals surface area contributed by atoms with Gasteiger partial charge in [0.25, 0.3) is 5.91 Å². The summed E-state index contributed by atoms with van der Waals surface area (Å²) in [5.74, 6) is -0.298. The topological polar surface area (TPSA) is 82.5 Å². The van der Waals surface area contributed by atoms with E-state index in [0.717, 1.165) is 19.5 Å². The zero-order valence-corrected chi connectivity index (χ0v) is 19.9. The van der Waals surface area contributed by atoms with Gasteiger partial charge in [0, 0.05) is 40.7 Å². The second-order valence-electron chi connectivity index (χ2n) is 8.81. The van der Waals surface area contributed by atoms with Crippen molar-refractivity contribution in [1.82, 2.24) is 4.98 Å². The number of nitrogens with one attached hydrogen (secondary N) is 1. The smallest absolute Gasteiger partial charge is 0.336 e. The lowest BCUT2D eigenvalue weighted by Gasteiger charge is -2.20. The molecule has 1 saturated heterocycles. The monoisotopic (exact) mass is 485 g/mol. The summed E-state index contributed by atoms with van der Waals surface area (Å²) in [4.78, 5) is 31.7. The zero-order valence-electron chi connectivity index (χ0n) is 19.2. The first kappa shape index (κ1) is 22.9. The third-order valence-corrected chi connectivity index (χ3v) is 6.78. The lowest BCUT2D eigenvalue weighted by Crippen LogP contribution is -2.21. The van der Waals surface area contributed by atoms with E-state index in [2.05, 4.69) is 35.3 Å². The third kappa shape index (κ3) is 4.70. The van der Waals surface area contributed by atoms with Crippen LogP contribution in [0.5, 0.6) is 0 Å². The van der Waals surface area contributed by atoms with Gasteiger partial charge < -0.3 is 15.3 Å². The van der Waals surface area contributed by atoms with E-state index in [0.29, 0.717) is 38.9 Å². The number of benzene rings is 3. The summed E-state index contributed by atoms with van der Waals surface area (Å²) < 4.78 is 0. The molecular weight excluding hydrogens is 462 g/mol. The van der Waals surface area contributed by atoms with E-state index < -0.39 is 5.97 Å². The van der Waals surface area contributed by atoms with Crippen LogP contribution >= 0.6 is 11.6 Å². The fourth-order valence-corrected chi connectivity index (χ4v) is 4.83. The van der Waals surface area contributed by atoms with Crippen molar-refractivity contribution in [2.75, 3.05) is 23.3 Å². The molecule has 5 rings (SSSR count). The number of anilines is 2. The SMILES string of the molecule is Cc1ccccc1[C@H]1CCN(c2cc(C(=O)O)c3cc(NC(=O)c4ccc(Cl)cc4)ccc3n2)C1. The Kier molecular flexibility index (Phi) is 6.14. The van der Waals surface area contributed by atoms with Gasteiger partial charge in [-0.1, -0.05) is 35.9 Å². The first-order chi connectivity index (χ1) is 16.9. The lowest BCUT2D eigenvalue weighted by molar-refractivity contribution is 0.0698. The standard InChI is InChI=1S/C28H24ClN3O3/c1-17-4-2-3-5-22(17)19-12-13-32(16-19)26-15-24(28(34)35)23-14-21(10-11-25(23)31-26)30-27(33)18-6-8-20(29)9-7-18/h2-11,14-15,19H,12-13,16H2,1H3,(H,30,33)(H,34,35)/t19-/m0/s1. The molecule has 1 fully saturated rings. The summed E-state index contributed by atoms with van der Waals surface area (Å²) >= 11 is 5.90. The van der Waals surface area contributed by atoms with Gasteiger partial charge in [-0.3, -0.25) is 4.79 Å². The van der Waals surface area contributed by atoms with Crippen LogP contribution in [0.15, 0.2) is 72.8 Å². The summed E-state index contributed by atoms with van der Waals surface area (Å²) in [6.07, 6.45) is 0.989. The number of fused-ring (bicyclic) bond motifs is 1. The van der Waals surface area contributed by atoms with E-state index in [1.165, 1.54) is 11.1 Å². The highest BCUT2D eigenvalue weighted by atomic mass is 35.5. The van der Waals surface area contributed by atoms with Crippen molar-refractivity contribution in [3.05, 3.63) is 100 Å². The Labute approximate surface area is 208 Å². The van der Waals surface area contributed by atoms with Gasteiger partial charge in [0.2, 0.25) is 0 Å². The molecule has 0 radical (unpaired) electrons. The molecule has 6 nitrogen and oxygen atoms in total. The summed E-state index contributed by atoms with van der Waals surface area (Å²) in [6, 6.07) is 21.7. The van der Waals surface area contributed by atoms with Crippen molar-refractivity contribution in [2.24, 2.45) is 0 Å². The number of pyridine rings is 1. The largest absolute Gasteiger partial charge is 0.478 e. The van der Waals surface area contributed by atoms with E-state index in [1.54, 1.807) is 48.5 Å². The Balaban J connectivity index is 1.43. The molecule has 4 aromatic rings. The number of carboxylic acids is 1. The molecule has 1 aliphatic heterocycles. The molecule has 1 amide bonds. The van der Waals surface area contributed by atoms with Crippen LogP contribution in [0.3, 0.4) is 0 Å². The first-order valence-corrected chi connectivity index (χ1v) is 11.8. The van der Waals surface area contributed by atoms with Crippen LogP contribution < -0.4 is 10.2 Å². The number of hydrogen-bond donors (Lipinski definition) is 2. The first-order valence-electron chi connectivity index (χ1n) is 11.4. The van der Waals surface area contributed by atoms with Crippen LogP contribution in [0.2, 0.25) is 5.02 Å². The molecule has 7 heteroatoms. The second kappa shape index (κ2) is 9.39. The average molecular weight is 486 g/mol. The number of nitrogens with zero attached hydrogens (tertiary/aromatic N) is 2. The van der Waals surface area contributed by atoms with Gasteiger partial charge in [0.1, 0.15) is 5.82 Å². The maximum Gasteiger partial charge on any atom is 0.336 e. The molecule has 0 unspecified atom stereocenters.